The van der Waals surface area contributed by atoms with Crippen LogP contribution in [0.3, 0.4) is 0 Å². The Balaban J connectivity index is 1.76. The first-order valence-electron chi connectivity index (χ1n) is 9.07. The average Bonchev–Trinajstić information content (AvgIpc) is 3.16. The van der Waals surface area contributed by atoms with E-state index in [1.54, 1.807) is 10.7 Å². The van der Waals surface area contributed by atoms with Crippen LogP contribution >= 0.6 is 0 Å². The van der Waals surface area contributed by atoms with Crippen molar-refractivity contribution in [2.45, 2.75) is 45.6 Å². The van der Waals surface area contributed by atoms with Crippen molar-refractivity contribution in [1.82, 2.24) is 24.5 Å². The lowest BCUT2D eigenvalue weighted by molar-refractivity contribution is -0.120. The molecule has 1 N–H and O–H groups in total. The van der Waals surface area contributed by atoms with Crippen LogP contribution in [0.4, 0.5) is 5.69 Å². The number of aromatic nitrogens is 4. The van der Waals surface area contributed by atoms with Crippen molar-refractivity contribution in [2.75, 3.05) is 17.6 Å². The van der Waals surface area contributed by atoms with Crippen LogP contribution in [0, 0.1) is 6.92 Å². The largest absolute Gasteiger partial charge is 0.325 e. The number of benzene rings is 1. The summed E-state index contributed by atoms with van der Waals surface area (Å²) in [6.45, 7) is 4.12. The van der Waals surface area contributed by atoms with Crippen LogP contribution in [0.1, 0.15) is 38.2 Å². The van der Waals surface area contributed by atoms with Gasteiger partial charge in [0.05, 0.1) is 11.4 Å². The number of nitrogens with zero attached hydrogens (tertiary/aromatic N) is 5. The fourth-order valence-electron chi connectivity index (χ4n) is 3.36. The highest BCUT2D eigenvalue weighted by atomic mass is 32.2. The molecule has 0 radical (unpaired) electrons. The predicted molar refractivity (Wildman–Crippen MR) is 101 cm³/mol. The molecule has 10 heteroatoms. The van der Waals surface area contributed by atoms with E-state index in [-0.39, 0.29) is 11.7 Å². The fourth-order valence-corrected chi connectivity index (χ4v) is 5.11. The van der Waals surface area contributed by atoms with Gasteiger partial charge in [0, 0.05) is 12.2 Å². The van der Waals surface area contributed by atoms with Crippen molar-refractivity contribution in [3.8, 4) is 5.69 Å². The number of sulfonamides is 1. The van der Waals surface area contributed by atoms with Gasteiger partial charge in [0.2, 0.25) is 15.9 Å². The second-order valence-corrected chi connectivity index (χ2v) is 8.72. The third-order valence-electron chi connectivity index (χ3n) is 4.64. The maximum atomic E-state index is 12.8. The predicted octanol–water partition coefficient (Wildman–Crippen LogP) is 1.50. The fraction of sp³-hybridized carbons (Fsp3) is 0.529. The summed E-state index contributed by atoms with van der Waals surface area (Å²) in [5.41, 5.74) is 2.31. The number of aryl methyl sites for hydroxylation is 1. The Labute approximate surface area is 158 Å². The molecule has 1 aliphatic heterocycles. The van der Waals surface area contributed by atoms with Crippen LogP contribution in [0.25, 0.3) is 5.69 Å². The van der Waals surface area contributed by atoms with Gasteiger partial charge in [-0.25, -0.2) is 13.1 Å². The maximum absolute atomic E-state index is 12.8. The zero-order chi connectivity index (χ0) is 19.4. The van der Waals surface area contributed by atoms with Gasteiger partial charge in [-0.3, -0.25) is 4.79 Å². The van der Waals surface area contributed by atoms with Crippen molar-refractivity contribution in [3.63, 3.8) is 0 Å². The van der Waals surface area contributed by atoms with Gasteiger partial charge in [-0.05, 0) is 60.4 Å². The molecule has 27 heavy (non-hydrogen) atoms. The van der Waals surface area contributed by atoms with Gasteiger partial charge >= 0.3 is 0 Å². The minimum atomic E-state index is -3.42. The van der Waals surface area contributed by atoms with Gasteiger partial charge in [0.15, 0.2) is 0 Å². The molecule has 3 rings (SSSR count). The Bertz CT molecular complexity index is 897. The summed E-state index contributed by atoms with van der Waals surface area (Å²) < 4.78 is 27.9. The van der Waals surface area contributed by atoms with Gasteiger partial charge in [0.1, 0.15) is 12.4 Å². The summed E-state index contributed by atoms with van der Waals surface area (Å²) in [4.78, 5) is 12.8. The molecule has 2 heterocycles. The first-order valence-corrected chi connectivity index (χ1v) is 10.7. The SMILES string of the molecule is CCCS(=O)(=O)N1CCCCC1C(=O)Nc1ccc(-n2cnnn2)c(C)c1. The van der Waals surface area contributed by atoms with E-state index < -0.39 is 16.1 Å². The Morgan fingerprint density at radius 1 is 1.33 bits per heavy atom. The van der Waals surface area contributed by atoms with Crippen molar-refractivity contribution < 1.29 is 13.2 Å². The molecule has 1 aliphatic rings. The van der Waals surface area contributed by atoms with Crippen molar-refractivity contribution in [2.24, 2.45) is 0 Å². The Kier molecular flexibility index (Phi) is 5.85. The lowest BCUT2D eigenvalue weighted by atomic mass is 10.0. The van der Waals surface area contributed by atoms with Crippen LogP contribution in [0.5, 0.6) is 0 Å². The summed E-state index contributed by atoms with van der Waals surface area (Å²) >= 11 is 0. The first-order chi connectivity index (χ1) is 12.9. The van der Waals surface area contributed by atoms with Gasteiger partial charge < -0.3 is 5.32 Å². The number of anilines is 1. The van der Waals surface area contributed by atoms with E-state index in [0.717, 1.165) is 24.1 Å². The number of carbonyl (C=O) groups is 1. The monoisotopic (exact) mass is 392 g/mol. The molecule has 1 aromatic carbocycles. The number of rotatable bonds is 6. The molecule has 0 saturated carbocycles. The van der Waals surface area contributed by atoms with Gasteiger partial charge in [-0.15, -0.1) is 5.10 Å². The molecule has 0 spiro atoms. The van der Waals surface area contributed by atoms with Crippen LogP contribution in [-0.2, 0) is 14.8 Å². The molecule has 2 aromatic rings. The van der Waals surface area contributed by atoms with Crippen molar-refractivity contribution in [1.29, 1.82) is 0 Å². The second kappa shape index (κ2) is 8.13. The number of piperidine rings is 1. The molecule has 1 saturated heterocycles. The summed E-state index contributed by atoms with van der Waals surface area (Å²) in [5, 5.41) is 14.0. The van der Waals surface area contributed by atoms with Crippen molar-refractivity contribution >= 4 is 21.6 Å². The average molecular weight is 392 g/mol. The van der Waals surface area contributed by atoms with Crippen LogP contribution in [0.15, 0.2) is 24.5 Å². The molecule has 0 aliphatic carbocycles. The molecule has 9 nitrogen and oxygen atoms in total. The normalized spacial score (nSPS) is 18.4. The first kappa shape index (κ1) is 19.4. The molecule has 1 unspecified atom stereocenters. The van der Waals surface area contributed by atoms with E-state index >= 15 is 0 Å². The number of carbonyl (C=O) groups excluding carboxylic acids is 1. The number of hydrogen-bond acceptors (Lipinski definition) is 6. The third-order valence-corrected chi connectivity index (χ3v) is 6.71. The topological polar surface area (TPSA) is 110 Å². The number of hydrogen-bond donors (Lipinski definition) is 1. The van der Waals surface area contributed by atoms with Crippen LogP contribution < -0.4 is 5.32 Å². The van der Waals surface area contributed by atoms with Crippen LogP contribution in [0.2, 0.25) is 0 Å². The number of tetrazole rings is 1. The summed E-state index contributed by atoms with van der Waals surface area (Å²) in [7, 11) is -3.42. The van der Waals surface area contributed by atoms with Gasteiger partial charge in [0.25, 0.3) is 0 Å². The highest BCUT2D eigenvalue weighted by Gasteiger charge is 2.36. The van der Waals surface area contributed by atoms with E-state index in [1.807, 2.05) is 26.0 Å². The Hall–Kier alpha value is -2.33. The number of nitrogens with one attached hydrogen (secondary N) is 1. The van der Waals surface area contributed by atoms with E-state index in [0.29, 0.717) is 25.1 Å². The van der Waals surface area contributed by atoms with E-state index in [9.17, 15) is 13.2 Å². The van der Waals surface area contributed by atoms with Crippen LogP contribution in [-0.4, -0.2) is 57.2 Å². The highest BCUT2D eigenvalue weighted by Crippen LogP contribution is 2.24. The highest BCUT2D eigenvalue weighted by molar-refractivity contribution is 7.89. The Morgan fingerprint density at radius 3 is 2.81 bits per heavy atom. The van der Waals surface area contributed by atoms with E-state index in [4.69, 9.17) is 0 Å². The van der Waals surface area contributed by atoms with Gasteiger partial charge in [-0.1, -0.05) is 13.3 Å². The quantitative estimate of drug-likeness (QED) is 0.798. The molecule has 1 atom stereocenters. The Morgan fingerprint density at radius 2 is 2.15 bits per heavy atom. The minimum absolute atomic E-state index is 0.0660. The van der Waals surface area contributed by atoms with E-state index in [2.05, 4.69) is 20.8 Å². The second-order valence-electron chi connectivity index (χ2n) is 6.68. The maximum Gasteiger partial charge on any atom is 0.242 e. The smallest absolute Gasteiger partial charge is 0.242 e. The molecule has 0 bridgehead atoms. The number of amides is 1. The molecular weight excluding hydrogens is 368 g/mol. The van der Waals surface area contributed by atoms with Gasteiger partial charge in [-0.2, -0.15) is 4.31 Å². The minimum Gasteiger partial charge on any atom is -0.325 e. The molecule has 1 aromatic heterocycles. The zero-order valence-electron chi connectivity index (χ0n) is 15.5. The van der Waals surface area contributed by atoms with E-state index in [1.165, 1.54) is 10.6 Å². The molecule has 1 fully saturated rings. The zero-order valence-corrected chi connectivity index (χ0v) is 16.3. The molecule has 1 amide bonds. The summed E-state index contributed by atoms with van der Waals surface area (Å²) in [6, 6.07) is 4.74. The molecular formula is C17H24N6O3S. The summed E-state index contributed by atoms with van der Waals surface area (Å²) in [5.74, 6) is -0.222. The molecule has 146 valence electrons. The third kappa shape index (κ3) is 4.33. The standard InChI is InChI=1S/C17H24N6O3S/c1-3-10-27(25,26)23-9-5-4-6-16(23)17(24)19-14-7-8-15(13(2)11-14)22-12-18-20-21-22/h7-8,11-12,16H,3-6,9-10H2,1-2H3,(H,19,24). The summed E-state index contributed by atoms with van der Waals surface area (Å²) in [6.07, 6.45) is 4.19. The lowest BCUT2D eigenvalue weighted by Gasteiger charge is -2.33. The van der Waals surface area contributed by atoms with Crippen molar-refractivity contribution in [3.05, 3.63) is 30.1 Å². The lowest BCUT2D eigenvalue weighted by Crippen LogP contribution is -2.50.